The molecule has 1 fully saturated rings. The van der Waals surface area contributed by atoms with Crippen LogP contribution in [0.15, 0.2) is 51.9 Å². The molecule has 0 saturated carbocycles. The Morgan fingerprint density at radius 3 is 2.58 bits per heavy atom. The average molecular weight is 421 g/mol. The van der Waals surface area contributed by atoms with E-state index >= 15 is 0 Å². The van der Waals surface area contributed by atoms with Crippen LogP contribution in [0.1, 0.15) is 23.1 Å². The van der Waals surface area contributed by atoms with Crippen LogP contribution in [-0.4, -0.2) is 54.0 Å². The van der Waals surface area contributed by atoms with Crippen LogP contribution in [0.25, 0.3) is 11.0 Å². The Labute approximate surface area is 181 Å². The van der Waals surface area contributed by atoms with Crippen LogP contribution < -0.4 is 10.4 Å². The van der Waals surface area contributed by atoms with Gasteiger partial charge in [-0.1, -0.05) is 0 Å². The summed E-state index contributed by atoms with van der Waals surface area (Å²) in [5, 5.41) is 0.868. The van der Waals surface area contributed by atoms with Crippen molar-refractivity contribution in [3.63, 3.8) is 0 Å². The highest BCUT2D eigenvalue weighted by atomic mass is 16.5. The van der Waals surface area contributed by atoms with E-state index in [2.05, 4.69) is 9.88 Å². The maximum atomic E-state index is 12.8. The largest absolute Gasteiger partial charge is 0.497 e. The van der Waals surface area contributed by atoms with E-state index in [0.29, 0.717) is 42.8 Å². The van der Waals surface area contributed by atoms with Crippen molar-refractivity contribution in [1.29, 1.82) is 0 Å². The van der Waals surface area contributed by atoms with E-state index in [9.17, 15) is 9.59 Å². The topological polar surface area (TPSA) is 75.9 Å². The smallest absolute Gasteiger partial charge is 0.339 e. The Bertz CT molecular complexity index is 1120. The standard InChI is InChI=1S/C24H27N3O4/c1-17-20-4-3-19(30-2)15-22(20)31-24(29)21(17)5-6-23(28)27-13-11-26(12-14-27)16-18-7-9-25-10-8-18/h3-4,7-10,15H,5-6,11-14,16H2,1-2H3. The van der Waals surface area contributed by atoms with Gasteiger partial charge in [-0.25, -0.2) is 4.79 Å². The van der Waals surface area contributed by atoms with Gasteiger partial charge in [0.2, 0.25) is 5.91 Å². The zero-order chi connectivity index (χ0) is 21.8. The molecule has 1 aliphatic heterocycles. The second kappa shape index (κ2) is 9.31. The summed E-state index contributed by atoms with van der Waals surface area (Å²) in [6.45, 7) is 5.86. The first kappa shape index (κ1) is 21.1. The molecule has 2 aromatic heterocycles. The third kappa shape index (κ3) is 4.77. The average Bonchev–Trinajstić information content (AvgIpc) is 2.79. The van der Waals surface area contributed by atoms with Crippen molar-refractivity contribution in [2.45, 2.75) is 26.3 Å². The molecule has 0 spiro atoms. The molecule has 0 radical (unpaired) electrons. The maximum Gasteiger partial charge on any atom is 0.339 e. The van der Waals surface area contributed by atoms with Crippen LogP contribution in [0.4, 0.5) is 0 Å². The van der Waals surface area contributed by atoms with Crippen molar-refractivity contribution in [2.24, 2.45) is 0 Å². The maximum absolute atomic E-state index is 12.8. The normalized spacial score (nSPS) is 14.7. The van der Waals surface area contributed by atoms with E-state index in [-0.39, 0.29) is 11.5 Å². The highest BCUT2D eigenvalue weighted by molar-refractivity contribution is 5.82. The summed E-state index contributed by atoms with van der Waals surface area (Å²) in [4.78, 5) is 33.6. The number of benzene rings is 1. The van der Waals surface area contributed by atoms with Crippen LogP contribution in [0, 0.1) is 6.92 Å². The number of hydrogen-bond donors (Lipinski definition) is 0. The number of rotatable bonds is 6. The lowest BCUT2D eigenvalue weighted by Gasteiger charge is -2.34. The molecule has 0 unspecified atom stereocenters. The number of methoxy groups -OCH3 is 1. The number of fused-ring (bicyclic) bond motifs is 1. The Kier molecular flexibility index (Phi) is 6.32. The van der Waals surface area contributed by atoms with Gasteiger partial charge in [-0.15, -0.1) is 0 Å². The molecule has 4 rings (SSSR count). The predicted octanol–water partition coefficient (Wildman–Crippen LogP) is 2.78. The number of pyridine rings is 1. The molecule has 0 aliphatic carbocycles. The molecule has 1 amide bonds. The number of aromatic nitrogens is 1. The lowest BCUT2D eigenvalue weighted by Crippen LogP contribution is -2.48. The minimum absolute atomic E-state index is 0.0807. The Hall–Kier alpha value is -3.19. The first-order valence-electron chi connectivity index (χ1n) is 10.5. The Balaban J connectivity index is 1.36. The summed E-state index contributed by atoms with van der Waals surface area (Å²) in [5.74, 6) is 0.721. The van der Waals surface area contributed by atoms with Crippen LogP contribution in [0.3, 0.4) is 0 Å². The molecule has 7 heteroatoms. The summed E-state index contributed by atoms with van der Waals surface area (Å²) in [7, 11) is 1.57. The number of aryl methyl sites for hydroxylation is 1. The monoisotopic (exact) mass is 421 g/mol. The van der Waals surface area contributed by atoms with E-state index < -0.39 is 0 Å². The van der Waals surface area contributed by atoms with Gasteiger partial charge in [0, 0.05) is 68.6 Å². The number of nitrogens with zero attached hydrogens (tertiary/aromatic N) is 3. The van der Waals surface area contributed by atoms with E-state index in [1.807, 2.05) is 36.1 Å². The van der Waals surface area contributed by atoms with Gasteiger partial charge in [-0.2, -0.15) is 0 Å². The fraction of sp³-hybridized carbons (Fsp3) is 0.375. The molecular weight excluding hydrogens is 394 g/mol. The van der Waals surface area contributed by atoms with Gasteiger partial charge in [0.1, 0.15) is 11.3 Å². The van der Waals surface area contributed by atoms with E-state index in [0.717, 1.165) is 30.6 Å². The summed E-state index contributed by atoms with van der Waals surface area (Å²) in [5.41, 5.74) is 2.78. The molecule has 1 saturated heterocycles. The molecule has 31 heavy (non-hydrogen) atoms. The number of carbonyl (C=O) groups excluding carboxylic acids is 1. The molecule has 0 bridgehead atoms. The summed E-state index contributed by atoms with van der Waals surface area (Å²) in [6.07, 6.45) is 4.29. The third-order valence-corrected chi connectivity index (χ3v) is 5.96. The minimum atomic E-state index is -0.381. The second-order valence-corrected chi connectivity index (χ2v) is 7.87. The summed E-state index contributed by atoms with van der Waals surface area (Å²) >= 11 is 0. The molecule has 162 valence electrons. The lowest BCUT2D eigenvalue weighted by atomic mass is 10.0. The number of hydrogen-bond acceptors (Lipinski definition) is 6. The van der Waals surface area contributed by atoms with Gasteiger partial charge >= 0.3 is 5.63 Å². The highest BCUT2D eigenvalue weighted by Crippen LogP contribution is 2.24. The Morgan fingerprint density at radius 1 is 1.13 bits per heavy atom. The zero-order valence-corrected chi connectivity index (χ0v) is 18.0. The third-order valence-electron chi connectivity index (χ3n) is 5.96. The fourth-order valence-electron chi connectivity index (χ4n) is 4.08. The van der Waals surface area contributed by atoms with Crippen molar-refractivity contribution in [3.8, 4) is 5.75 Å². The molecule has 7 nitrogen and oxygen atoms in total. The molecule has 3 aromatic rings. The zero-order valence-electron chi connectivity index (χ0n) is 18.0. The Morgan fingerprint density at radius 2 is 1.87 bits per heavy atom. The van der Waals surface area contributed by atoms with Crippen molar-refractivity contribution in [2.75, 3.05) is 33.3 Å². The molecule has 1 aliphatic rings. The first-order valence-corrected chi connectivity index (χ1v) is 10.5. The number of amides is 1. The van der Waals surface area contributed by atoms with Crippen LogP contribution >= 0.6 is 0 Å². The second-order valence-electron chi connectivity index (χ2n) is 7.87. The molecular formula is C24H27N3O4. The number of ether oxygens (including phenoxy) is 1. The molecule has 0 atom stereocenters. The van der Waals surface area contributed by atoms with Crippen molar-refractivity contribution < 1.29 is 13.9 Å². The van der Waals surface area contributed by atoms with Crippen LogP contribution in [0.5, 0.6) is 5.75 Å². The quantitative estimate of drug-likeness (QED) is 0.570. The van der Waals surface area contributed by atoms with Crippen molar-refractivity contribution >= 4 is 16.9 Å². The number of piperazine rings is 1. The van der Waals surface area contributed by atoms with E-state index in [1.165, 1.54) is 5.56 Å². The summed E-state index contributed by atoms with van der Waals surface area (Å²) in [6, 6.07) is 9.48. The molecule has 1 aromatic carbocycles. The summed E-state index contributed by atoms with van der Waals surface area (Å²) < 4.78 is 10.7. The van der Waals surface area contributed by atoms with Gasteiger partial charge in [-0.05, 0) is 48.7 Å². The first-order chi connectivity index (χ1) is 15.0. The van der Waals surface area contributed by atoms with Crippen LogP contribution in [-0.2, 0) is 17.8 Å². The van der Waals surface area contributed by atoms with Crippen molar-refractivity contribution in [3.05, 3.63) is 69.8 Å². The van der Waals surface area contributed by atoms with Gasteiger partial charge in [0.15, 0.2) is 0 Å². The molecule has 0 N–H and O–H groups in total. The minimum Gasteiger partial charge on any atom is -0.497 e. The lowest BCUT2D eigenvalue weighted by molar-refractivity contribution is -0.133. The van der Waals surface area contributed by atoms with Gasteiger partial charge in [0.05, 0.1) is 7.11 Å². The van der Waals surface area contributed by atoms with Gasteiger partial charge < -0.3 is 14.1 Å². The van der Waals surface area contributed by atoms with Gasteiger partial charge in [0.25, 0.3) is 0 Å². The van der Waals surface area contributed by atoms with E-state index in [4.69, 9.17) is 9.15 Å². The van der Waals surface area contributed by atoms with Crippen LogP contribution in [0.2, 0.25) is 0 Å². The predicted molar refractivity (Wildman–Crippen MR) is 118 cm³/mol. The van der Waals surface area contributed by atoms with Gasteiger partial charge in [-0.3, -0.25) is 14.7 Å². The van der Waals surface area contributed by atoms with E-state index in [1.54, 1.807) is 25.6 Å². The van der Waals surface area contributed by atoms with Crippen molar-refractivity contribution in [1.82, 2.24) is 14.8 Å². The number of carbonyl (C=O) groups is 1. The highest BCUT2D eigenvalue weighted by Gasteiger charge is 2.22. The molecule has 3 heterocycles. The fourth-order valence-corrected chi connectivity index (χ4v) is 4.08. The SMILES string of the molecule is COc1ccc2c(C)c(CCC(=O)N3CCN(Cc4ccncc4)CC3)c(=O)oc2c1.